The molecule has 0 aliphatic carbocycles. The molecule has 0 aliphatic heterocycles. The summed E-state index contributed by atoms with van der Waals surface area (Å²) in [5, 5.41) is 0. The SMILES string of the molecule is CCOC(=O)/C(N)=C/C(=NCc1ccccc1F)c1cocn1. The second-order valence-corrected chi connectivity index (χ2v) is 4.49. The molecular formula is C16H16FN3O3. The zero-order valence-corrected chi connectivity index (χ0v) is 12.5. The molecule has 0 unspecified atom stereocenters. The first kappa shape index (κ1) is 16.4. The molecule has 2 rings (SSSR count). The number of allylic oxidation sites excluding steroid dienone is 1. The lowest BCUT2D eigenvalue weighted by Crippen LogP contribution is -2.17. The normalized spacial score (nSPS) is 12.3. The number of oxazole rings is 1. The summed E-state index contributed by atoms with van der Waals surface area (Å²) < 4.78 is 23.4. The molecule has 7 heteroatoms. The van der Waals surface area contributed by atoms with Gasteiger partial charge >= 0.3 is 5.97 Å². The predicted octanol–water partition coefficient (Wildman–Crippen LogP) is 2.21. The molecule has 0 radical (unpaired) electrons. The first-order chi connectivity index (χ1) is 11.1. The number of carbonyl (C=O) groups excluding carboxylic acids is 1. The lowest BCUT2D eigenvalue weighted by atomic mass is 10.2. The van der Waals surface area contributed by atoms with E-state index in [9.17, 15) is 9.18 Å². The van der Waals surface area contributed by atoms with Gasteiger partial charge < -0.3 is 14.9 Å². The lowest BCUT2D eigenvalue weighted by Gasteiger charge is -2.04. The summed E-state index contributed by atoms with van der Waals surface area (Å²) in [7, 11) is 0. The first-order valence-corrected chi connectivity index (χ1v) is 6.92. The fourth-order valence-electron chi connectivity index (χ4n) is 1.76. The van der Waals surface area contributed by atoms with E-state index < -0.39 is 5.97 Å². The van der Waals surface area contributed by atoms with E-state index >= 15 is 0 Å². The van der Waals surface area contributed by atoms with Crippen LogP contribution in [0.3, 0.4) is 0 Å². The summed E-state index contributed by atoms with van der Waals surface area (Å²) in [6.45, 7) is 1.95. The largest absolute Gasteiger partial charge is 0.461 e. The minimum Gasteiger partial charge on any atom is -0.461 e. The maximum atomic E-state index is 13.7. The van der Waals surface area contributed by atoms with Crippen LogP contribution in [-0.2, 0) is 16.1 Å². The Kier molecular flexibility index (Phi) is 5.62. The Morgan fingerprint density at radius 1 is 1.48 bits per heavy atom. The van der Waals surface area contributed by atoms with Crippen LogP contribution in [0.4, 0.5) is 4.39 Å². The number of halogens is 1. The Hall–Kier alpha value is -2.96. The average molecular weight is 317 g/mol. The molecular weight excluding hydrogens is 301 g/mol. The molecule has 1 aromatic carbocycles. The van der Waals surface area contributed by atoms with E-state index in [2.05, 4.69) is 9.98 Å². The van der Waals surface area contributed by atoms with Crippen molar-refractivity contribution in [3.8, 4) is 0 Å². The zero-order chi connectivity index (χ0) is 16.7. The van der Waals surface area contributed by atoms with E-state index in [1.165, 1.54) is 24.8 Å². The number of benzene rings is 1. The lowest BCUT2D eigenvalue weighted by molar-refractivity contribution is -0.138. The second kappa shape index (κ2) is 7.88. The van der Waals surface area contributed by atoms with Crippen molar-refractivity contribution >= 4 is 11.7 Å². The molecule has 0 amide bonds. The topological polar surface area (TPSA) is 90.7 Å². The Balaban J connectivity index is 2.28. The van der Waals surface area contributed by atoms with Crippen LogP contribution in [0, 0.1) is 5.82 Å². The van der Waals surface area contributed by atoms with Crippen LogP contribution in [0.2, 0.25) is 0 Å². The minimum absolute atomic E-state index is 0.0709. The quantitative estimate of drug-likeness (QED) is 0.501. The van der Waals surface area contributed by atoms with Crippen molar-refractivity contribution < 1.29 is 18.3 Å². The van der Waals surface area contributed by atoms with Gasteiger partial charge in [-0.2, -0.15) is 0 Å². The maximum absolute atomic E-state index is 13.7. The predicted molar refractivity (Wildman–Crippen MR) is 82.0 cm³/mol. The number of esters is 1. The molecule has 120 valence electrons. The van der Waals surface area contributed by atoms with Crippen molar-refractivity contribution in [3.63, 3.8) is 0 Å². The molecule has 0 fully saturated rings. The molecule has 23 heavy (non-hydrogen) atoms. The highest BCUT2D eigenvalue weighted by Crippen LogP contribution is 2.10. The Morgan fingerprint density at radius 3 is 2.91 bits per heavy atom. The van der Waals surface area contributed by atoms with Crippen molar-refractivity contribution in [2.45, 2.75) is 13.5 Å². The van der Waals surface area contributed by atoms with E-state index in [1.54, 1.807) is 25.1 Å². The van der Waals surface area contributed by atoms with Crippen LogP contribution >= 0.6 is 0 Å². The smallest absolute Gasteiger partial charge is 0.354 e. The third-order valence-corrected chi connectivity index (χ3v) is 2.88. The second-order valence-electron chi connectivity index (χ2n) is 4.49. The number of nitrogens with zero attached hydrogens (tertiary/aromatic N) is 2. The summed E-state index contributed by atoms with van der Waals surface area (Å²) >= 11 is 0. The van der Waals surface area contributed by atoms with Crippen molar-refractivity contribution in [3.05, 3.63) is 65.8 Å². The molecule has 6 nitrogen and oxygen atoms in total. The maximum Gasteiger partial charge on any atom is 0.354 e. The van der Waals surface area contributed by atoms with Crippen molar-refractivity contribution in [2.75, 3.05) is 6.61 Å². The molecule has 0 aliphatic rings. The van der Waals surface area contributed by atoms with E-state index in [-0.39, 0.29) is 24.7 Å². The van der Waals surface area contributed by atoms with Crippen LogP contribution in [0.15, 0.2) is 58.1 Å². The van der Waals surface area contributed by atoms with Crippen molar-refractivity contribution in [1.82, 2.24) is 4.98 Å². The van der Waals surface area contributed by atoms with Gasteiger partial charge in [-0.05, 0) is 19.1 Å². The van der Waals surface area contributed by atoms with Crippen molar-refractivity contribution in [2.24, 2.45) is 10.7 Å². The van der Waals surface area contributed by atoms with Crippen LogP contribution < -0.4 is 5.73 Å². The molecule has 0 saturated heterocycles. The van der Waals surface area contributed by atoms with Gasteiger partial charge in [0.05, 0.1) is 18.9 Å². The molecule has 0 spiro atoms. The number of rotatable bonds is 6. The highest BCUT2D eigenvalue weighted by molar-refractivity contribution is 6.10. The van der Waals surface area contributed by atoms with Crippen LogP contribution in [-0.4, -0.2) is 23.3 Å². The zero-order valence-electron chi connectivity index (χ0n) is 12.5. The van der Waals surface area contributed by atoms with Gasteiger partial charge in [0.25, 0.3) is 0 Å². The summed E-state index contributed by atoms with van der Waals surface area (Å²) in [5.74, 6) is -1.02. The number of nitrogens with two attached hydrogens (primary N) is 1. The third-order valence-electron chi connectivity index (χ3n) is 2.88. The molecule has 0 atom stereocenters. The van der Waals surface area contributed by atoms with Gasteiger partial charge in [0.15, 0.2) is 6.39 Å². The first-order valence-electron chi connectivity index (χ1n) is 6.92. The van der Waals surface area contributed by atoms with Crippen LogP contribution in [0.25, 0.3) is 0 Å². The van der Waals surface area contributed by atoms with Gasteiger partial charge in [-0.25, -0.2) is 14.2 Å². The Bertz CT molecular complexity index is 724. The van der Waals surface area contributed by atoms with Gasteiger partial charge in [0, 0.05) is 5.56 Å². The van der Waals surface area contributed by atoms with Gasteiger partial charge in [-0.1, -0.05) is 18.2 Å². The average Bonchev–Trinajstić information content (AvgIpc) is 3.07. The summed E-state index contributed by atoms with van der Waals surface area (Å²) in [5.41, 5.74) is 6.65. The molecule has 0 saturated carbocycles. The molecule has 1 aromatic heterocycles. The Morgan fingerprint density at radius 2 is 2.26 bits per heavy atom. The number of hydrogen-bond acceptors (Lipinski definition) is 6. The number of ether oxygens (including phenoxy) is 1. The standard InChI is InChI=1S/C16H16FN3O3/c1-2-23-16(21)13(18)7-14(15-9-22-10-20-15)19-8-11-5-3-4-6-12(11)17/h3-7,9-10H,2,8,18H2,1H3/b13-7-,19-14?. The number of carbonyl (C=O) groups is 1. The summed E-state index contributed by atoms with van der Waals surface area (Å²) in [6, 6.07) is 6.29. The highest BCUT2D eigenvalue weighted by Gasteiger charge is 2.11. The summed E-state index contributed by atoms with van der Waals surface area (Å²) in [4.78, 5) is 19.8. The van der Waals surface area contributed by atoms with E-state index in [1.807, 2.05) is 0 Å². The Labute approximate surface area is 132 Å². The van der Waals surface area contributed by atoms with Crippen LogP contribution in [0.1, 0.15) is 18.2 Å². The van der Waals surface area contributed by atoms with Crippen molar-refractivity contribution in [1.29, 1.82) is 0 Å². The van der Waals surface area contributed by atoms with E-state index in [0.29, 0.717) is 17.0 Å². The fraction of sp³-hybridized carbons (Fsp3) is 0.188. The highest BCUT2D eigenvalue weighted by atomic mass is 19.1. The van der Waals surface area contributed by atoms with Gasteiger partial charge in [0.2, 0.25) is 0 Å². The van der Waals surface area contributed by atoms with Crippen LogP contribution in [0.5, 0.6) is 0 Å². The van der Waals surface area contributed by atoms with E-state index in [0.717, 1.165) is 0 Å². The third kappa shape index (κ3) is 4.50. The van der Waals surface area contributed by atoms with Gasteiger partial charge in [-0.15, -0.1) is 0 Å². The van der Waals surface area contributed by atoms with E-state index in [4.69, 9.17) is 14.9 Å². The van der Waals surface area contributed by atoms with Gasteiger partial charge in [-0.3, -0.25) is 4.99 Å². The molecule has 1 heterocycles. The number of aromatic nitrogens is 1. The minimum atomic E-state index is -0.658. The number of hydrogen-bond donors (Lipinski definition) is 1. The number of aliphatic imine (C=N–C) groups is 1. The summed E-state index contributed by atoms with van der Waals surface area (Å²) in [6.07, 6.45) is 3.91. The van der Waals surface area contributed by atoms with Gasteiger partial charge in [0.1, 0.15) is 23.5 Å². The fourth-order valence-corrected chi connectivity index (χ4v) is 1.76. The monoisotopic (exact) mass is 317 g/mol. The molecule has 2 N–H and O–H groups in total. The molecule has 0 bridgehead atoms. The molecule has 2 aromatic rings.